The Morgan fingerprint density at radius 1 is 0.281 bits per heavy atom. The number of aromatic nitrogens is 24. The van der Waals surface area contributed by atoms with Crippen LogP contribution in [0.4, 0.5) is 5.82 Å². The van der Waals surface area contributed by atoms with Crippen molar-refractivity contribution in [2.24, 2.45) is 0 Å². The summed E-state index contributed by atoms with van der Waals surface area (Å²) >= 11 is 0. The van der Waals surface area contributed by atoms with Gasteiger partial charge in [-0.2, -0.15) is 0 Å². The Labute approximate surface area is 910 Å². The first-order valence-corrected chi connectivity index (χ1v) is 48.2. The molecule has 0 amide bonds. The summed E-state index contributed by atoms with van der Waals surface area (Å²) < 4.78 is 13.8. The van der Waals surface area contributed by atoms with Crippen LogP contribution < -0.4 is 0 Å². The van der Waals surface area contributed by atoms with Gasteiger partial charge in [0.1, 0.15) is 0 Å². The van der Waals surface area contributed by atoms with E-state index in [9.17, 15) is 5.26 Å². The van der Waals surface area contributed by atoms with Crippen LogP contribution in [0.15, 0.2) is 206 Å². The molecule has 16 aromatic heterocycles. The van der Waals surface area contributed by atoms with Gasteiger partial charge in [-0.3, -0.25) is 70.5 Å². The van der Waals surface area contributed by atoms with Gasteiger partial charge in [-0.15, -0.1) is 33.4 Å². The predicted molar refractivity (Wildman–Crippen MR) is 546 cm³/mol. The molecule has 20 heterocycles. The molecule has 4 aliphatic rings. The minimum Gasteiger partial charge on any atom is -0.343 e. The molecule has 0 saturated carbocycles. The van der Waals surface area contributed by atoms with Crippen LogP contribution in [0, 0.1) is 81.3 Å². The number of fused-ring (bicyclic) bond motifs is 40. The fraction of sp³-hybridized carbons (Fsp3) is 0.328. The predicted octanol–water partition coefficient (Wildman–Crippen LogP) is 21.4. The minimum absolute atomic E-state index is 0. The maximum absolute atomic E-state index is 9.95. The Balaban J connectivity index is 0.000000145. The van der Waals surface area contributed by atoms with Crippen LogP contribution in [0.5, 0.6) is 0 Å². The molecule has 0 spiro atoms. The van der Waals surface area contributed by atoms with E-state index in [2.05, 4.69) is 232 Å². The van der Waals surface area contributed by atoms with E-state index in [4.69, 9.17) is 77.0 Å². The Kier molecular flexibility index (Phi) is 29.6. The molecule has 32 bridgehead atoms. The smallest absolute Gasteiger partial charge is 0.343 e. The van der Waals surface area contributed by atoms with E-state index >= 15 is 0 Å². The zero-order chi connectivity index (χ0) is 101. The van der Waals surface area contributed by atoms with E-state index in [0.717, 1.165) is 185 Å². The van der Waals surface area contributed by atoms with E-state index in [1.165, 1.54) is 4.68 Å². The van der Waals surface area contributed by atoms with Crippen molar-refractivity contribution in [3.05, 3.63) is 386 Å². The summed E-state index contributed by atoms with van der Waals surface area (Å²) in [6, 6.07) is 70.6. The number of rotatable bonds is 2. The number of nitriles is 1. The molecule has 0 saturated heterocycles. The van der Waals surface area contributed by atoms with E-state index in [1.54, 1.807) is 23.4 Å². The van der Waals surface area contributed by atoms with Crippen LogP contribution in [0.25, 0.3) is 73.9 Å². The van der Waals surface area contributed by atoms with Crippen LogP contribution in [0.1, 0.15) is 271 Å². The van der Waals surface area contributed by atoms with E-state index in [-0.39, 0.29) is 115 Å². The second kappa shape index (κ2) is 40.3. The number of aryl methyl sites for hydroxylation is 6. The van der Waals surface area contributed by atoms with Crippen LogP contribution in [0.3, 0.4) is 0 Å². The summed E-state index contributed by atoms with van der Waals surface area (Å²) in [4.78, 5) is 43.6. The van der Waals surface area contributed by atoms with Crippen LogP contribution in [0.2, 0.25) is 0 Å². The first-order valence-electron chi connectivity index (χ1n) is 48.2. The molecule has 18 aromatic rings. The molecule has 0 unspecified atom stereocenters. The van der Waals surface area contributed by atoms with Gasteiger partial charge >= 0.3 is 87.5 Å². The van der Waals surface area contributed by atoms with Crippen LogP contribution in [-0.2, 0) is 162 Å². The Morgan fingerprint density at radius 3 is 0.795 bits per heavy atom. The topological polar surface area (TPSA) is 274 Å². The third-order valence-corrected chi connectivity index (χ3v) is 29.2. The monoisotopic (exact) mass is 2290 g/mol. The number of hydrogen-bond acceptors (Lipinski definition) is 17. The van der Waals surface area contributed by atoms with Gasteiger partial charge in [0.2, 0.25) is 0 Å². The average molecular weight is 2300 g/mol. The fourth-order valence-electron chi connectivity index (χ4n) is 19.0. The fourth-order valence-corrected chi connectivity index (χ4v) is 19.0. The molecule has 4 aliphatic heterocycles. The molecule has 0 fully saturated rings. The maximum Gasteiger partial charge on any atom is 2.00 e. The summed E-state index contributed by atoms with van der Waals surface area (Å²) in [6.07, 6.45) is 30.9. The van der Waals surface area contributed by atoms with Gasteiger partial charge in [0.15, 0.2) is 0 Å². The van der Waals surface area contributed by atoms with Gasteiger partial charge in [-0.05, 0) is 213 Å². The van der Waals surface area contributed by atoms with Crippen molar-refractivity contribution in [1.29, 1.82) is 5.26 Å². The summed E-state index contributed by atoms with van der Waals surface area (Å²) in [7, 11) is 0. The van der Waals surface area contributed by atoms with Crippen molar-refractivity contribution in [2.45, 2.75) is 246 Å². The van der Waals surface area contributed by atoms with Crippen LogP contribution >= 0.6 is 0 Å². The van der Waals surface area contributed by atoms with E-state index in [1.807, 2.05) is 221 Å². The SMILES string of the molecule is CC(C)(C)c1nn2[c-]c1CCc1[c-]n(nc1C(C)(C)C)-c1cccc(n1)C(C)(C)c1cccc-2n1.CC1(C)c2cccc(n2)-n2[c-]c(c(-c3ccccc3)n2)CCc2[c-]n(nc2-c2ccccc2)-c2cccc1n2.Cc1nn2[c-]c1C(C)(C)C(C)(C)c1[c-]n(nc1C)-c1cccc(n1)C(C)(C)c1cccc-2n1.[C-]#[N+]c1nn2[c-]c1C(C)(C)C(C)(C)c1[c-]n(nc1C#N)-c1cccc(n1)C(C)(C)c1cccc-2n1.[Pd+2].[Pd+2].[Pd+2].[Pd+2]. The summed E-state index contributed by atoms with van der Waals surface area (Å²) in [6.45, 7) is 59.1. The third-order valence-electron chi connectivity index (χ3n) is 29.2. The molecule has 2 aromatic carbocycles. The normalized spacial score (nSPS) is 15.5. The molecule has 0 radical (unpaired) electrons. The van der Waals surface area contributed by atoms with E-state index in [0.29, 0.717) is 22.8 Å². The van der Waals surface area contributed by atoms with Crippen molar-refractivity contribution in [3.8, 4) is 75.1 Å². The molecular weight excluding hydrogens is 2180 g/mol. The zero-order valence-corrected chi connectivity index (χ0v) is 92.6. The molecule has 0 N–H and O–H groups in total. The number of hydrogen-bond donors (Lipinski definition) is 0. The van der Waals surface area contributed by atoms with Crippen molar-refractivity contribution in [3.63, 3.8) is 0 Å². The molecule has 748 valence electrons. The van der Waals surface area contributed by atoms with Gasteiger partial charge < -0.3 is 37.6 Å². The summed E-state index contributed by atoms with van der Waals surface area (Å²) in [5.41, 5.74) is 19.0. The zero-order valence-electron chi connectivity index (χ0n) is 86.4. The molecule has 0 atom stereocenters. The number of nitrogens with zero attached hydrogens (tertiary/aromatic N) is 26. The average Bonchev–Trinajstić information content (AvgIpc) is 1.48. The van der Waals surface area contributed by atoms with Gasteiger partial charge in [-0.1, -0.05) is 335 Å². The second-order valence-electron chi connectivity index (χ2n) is 43.3. The Hall–Kier alpha value is -13.1. The molecular formula is C116H114N26Pd4. The summed E-state index contributed by atoms with van der Waals surface area (Å²) in [5.74, 6) is 5.90. The molecule has 146 heavy (non-hydrogen) atoms. The molecule has 22 rings (SSSR count). The maximum atomic E-state index is 9.95. The van der Waals surface area contributed by atoms with Crippen molar-refractivity contribution >= 4 is 5.82 Å². The third kappa shape index (κ3) is 19.7. The number of benzene rings is 2. The minimum atomic E-state index is -0.660. The first-order chi connectivity index (χ1) is 67.3. The standard InChI is InChI=1S/C33H26N6.C29H34N6.C27H24N8.C27H30N6.4Pd/c1-33(2)27-15-9-17-29(34-27)38-21-25(31(36-38)23-11-5-3-6-12-23)19-20-26-22-39(30-18-10-16-28(33)35-30)37-32(26)24-13-7-4-8-14-24;1-27(2,3)25-19-15-16-20-18-35(33-26(20)28(4,5)6)24-14-10-12-22(31-24)29(7,8)21-11-9-13-23(30-21)34(17-19)32-25;1-25(2)20-10-8-12-22(30-20)34-15-17(19(14-28)32-34)26(3,4)27(5,6)18-16-35(33-24(18)29-7)23-13-9-11-21(25)31-23;1-17-19-15-32(30-17)23-13-9-11-21(28-23)25(3,4)22-12-10-14-24(29-22)33-16-20(18(2)31-33)27(7,8)26(19,5)6;;;;/h3-18H,19-20H2,1-2H3;9-14H,15-16H2,1-8H3;8-13H,1-6H3;9-14H,1-8H3;;;;/q4*-2;4*+2. The Bertz CT molecular complexity index is 7520. The Morgan fingerprint density at radius 2 is 0.514 bits per heavy atom. The van der Waals surface area contributed by atoms with Crippen molar-refractivity contribution in [2.75, 3.05) is 0 Å². The molecule has 26 nitrogen and oxygen atoms in total. The van der Waals surface area contributed by atoms with Gasteiger partial charge in [0.05, 0.1) is 58.3 Å². The van der Waals surface area contributed by atoms with E-state index < -0.39 is 32.5 Å². The van der Waals surface area contributed by atoms with Gasteiger partial charge in [0.25, 0.3) is 0 Å². The largest absolute Gasteiger partial charge is 2.00 e. The van der Waals surface area contributed by atoms with Crippen molar-refractivity contribution in [1.82, 2.24) is 118 Å². The van der Waals surface area contributed by atoms with Crippen LogP contribution in [-0.4, -0.2) is 118 Å². The quantitative estimate of drug-likeness (QED) is 0.115. The second-order valence-corrected chi connectivity index (χ2v) is 43.3. The first kappa shape index (κ1) is 107. The number of pyridine rings is 8. The van der Waals surface area contributed by atoms with Gasteiger partial charge in [-0.25, -0.2) is 15.0 Å². The molecule has 0 aliphatic carbocycles. The van der Waals surface area contributed by atoms with Crippen molar-refractivity contribution < 1.29 is 81.7 Å². The molecule has 30 heteroatoms. The summed E-state index contributed by atoms with van der Waals surface area (Å²) in [5, 5.41) is 48.6. The van der Waals surface area contributed by atoms with Gasteiger partial charge in [0, 0.05) is 67.2 Å².